The molecular weight excluding hydrogens is 438 g/mol. The number of nitriles is 1. The summed E-state index contributed by atoms with van der Waals surface area (Å²) in [7, 11) is 1.97. The van der Waals surface area contributed by atoms with E-state index in [0.29, 0.717) is 17.7 Å². The number of rotatable bonds is 6. The molecule has 1 aliphatic rings. The molecule has 0 aliphatic carbocycles. The van der Waals surface area contributed by atoms with Gasteiger partial charge in [-0.05, 0) is 36.6 Å². The number of hydrogen-bond acceptors (Lipinski definition) is 8. The molecule has 1 fully saturated rings. The summed E-state index contributed by atoms with van der Waals surface area (Å²) in [4.78, 5) is 19.5. The minimum absolute atomic E-state index is 0.192. The molecule has 1 aromatic carbocycles. The van der Waals surface area contributed by atoms with Crippen LogP contribution in [-0.2, 0) is 13.6 Å². The Morgan fingerprint density at radius 3 is 2.60 bits per heavy atom. The summed E-state index contributed by atoms with van der Waals surface area (Å²) in [6.45, 7) is 2.91. The van der Waals surface area contributed by atoms with Crippen LogP contribution in [0.3, 0.4) is 0 Å². The van der Waals surface area contributed by atoms with Crippen molar-refractivity contribution in [3.05, 3.63) is 72.6 Å². The molecule has 1 aliphatic heterocycles. The number of piperidine rings is 1. The molecule has 9 heteroatoms. The lowest BCUT2D eigenvalue weighted by molar-refractivity contribution is 0.211. The van der Waals surface area contributed by atoms with Crippen LogP contribution in [0.5, 0.6) is 0 Å². The first-order valence-corrected chi connectivity index (χ1v) is 11.6. The van der Waals surface area contributed by atoms with Crippen molar-refractivity contribution in [1.82, 2.24) is 29.4 Å². The van der Waals surface area contributed by atoms with E-state index in [1.807, 2.05) is 42.2 Å². The van der Waals surface area contributed by atoms with Crippen LogP contribution < -0.4 is 11.1 Å². The molecular formula is C26H27N9. The second kappa shape index (κ2) is 9.91. The molecule has 4 aromatic rings. The molecule has 176 valence electrons. The number of nitrogens with zero attached hydrogens (tertiary/aromatic N) is 7. The third-order valence-electron chi connectivity index (χ3n) is 6.36. The van der Waals surface area contributed by atoms with Crippen molar-refractivity contribution in [2.45, 2.75) is 25.4 Å². The SMILES string of the molecule is Cn1cnc(-c2ccc(CN3CCC(Nc4ccnc(C#N)n4)CC3)cc2)c1-c1cccnc1N. The molecule has 0 saturated carbocycles. The Balaban J connectivity index is 1.21. The van der Waals surface area contributed by atoms with Gasteiger partial charge in [-0.25, -0.2) is 19.9 Å². The topological polar surface area (TPSA) is 122 Å². The number of nitrogens with two attached hydrogens (primary N) is 1. The maximum Gasteiger partial charge on any atom is 0.234 e. The Hall–Kier alpha value is -4.29. The van der Waals surface area contributed by atoms with Gasteiger partial charge in [0.15, 0.2) is 0 Å². The van der Waals surface area contributed by atoms with Gasteiger partial charge in [0.1, 0.15) is 17.7 Å². The first-order valence-electron chi connectivity index (χ1n) is 11.6. The van der Waals surface area contributed by atoms with Gasteiger partial charge in [0.05, 0.1) is 17.7 Å². The third kappa shape index (κ3) is 4.98. The van der Waals surface area contributed by atoms with E-state index in [4.69, 9.17) is 11.0 Å². The summed E-state index contributed by atoms with van der Waals surface area (Å²) in [5.41, 5.74) is 11.2. The Labute approximate surface area is 204 Å². The van der Waals surface area contributed by atoms with Crippen LogP contribution in [0.1, 0.15) is 24.2 Å². The van der Waals surface area contributed by atoms with Gasteiger partial charge < -0.3 is 15.6 Å². The summed E-state index contributed by atoms with van der Waals surface area (Å²) in [6, 6.07) is 16.6. The first kappa shape index (κ1) is 22.5. The predicted octanol–water partition coefficient (Wildman–Crippen LogP) is 3.47. The fraction of sp³-hybridized carbons (Fsp3) is 0.269. The molecule has 4 heterocycles. The van der Waals surface area contributed by atoms with E-state index >= 15 is 0 Å². The molecule has 3 N–H and O–H groups in total. The number of likely N-dealkylation sites (tertiary alicyclic amines) is 1. The van der Waals surface area contributed by atoms with E-state index in [2.05, 4.69) is 54.4 Å². The van der Waals surface area contributed by atoms with Gasteiger partial charge in [0.2, 0.25) is 5.82 Å². The quantitative estimate of drug-likeness (QED) is 0.444. The van der Waals surface area contributed by atoms with Gasteiger partial charge in [-0.15, -0.1) is 0 Å². The number of hydrogen-bond donors (Lipinski definition) is 2. The molecule has 0 radical (unpaired) electrons. The number of nitrogens with one attached hydrogen (secondary N) is 1. The summed E-state index contributed by atoms with van der Waals surface area (Å²) in [5.74, 6) is 1.40. The van der Waals surface area contributed by atoms with Crippen molar-refractivity contribution in [2.75, 3.05) is 24.1 Å². The van der Waals surface area contributed by atoms with Crippen LogP contribution in [0.4, 0.5) is 11.6 Å². The Bertz CT molecular complexity index is 1350. The molecule has 3 aromatic heterocycles. The summed E-state index contributed by atoms with van der Waals surface area (Å²) < 4.78 is 1.98. The van der Waals surface area contributed by atoms with E-state index in [1.54, 1.807) is 12.4 Å². The number of aryl methyl sites for hydroxylation is 1. The number of pyridine rings is 1. The van der Waals surface area contributed by atoms with Gasteiger partial charge in [-0.2, -0.15) is 5.26 Å². The zero-order valence-electron chi connectivity index (χ0n) is 19.6. The van der Waals surface area contributed by atoms with Gasteiger partial charge in [0.25, 0.3) is 0 Å². The van der Waals surface area contributed by atoms with Gasteiger partial charge in [0, 0.05) is 56.2 Å². The van der Waals surface area contributed by atoms with Crippen LogP contribution in [0.15, 0.2) is 61.2 Å². The second-order valence-electron chi connectivity index (χ2n) is 8.76. The van der Waals surface area contributed by atoms with Gasteiger partial charge in [-0.3, -0.25) is 4.90 Å². The normalized spacial score (nSPS) is 14.5. The van der Waals surface area contributed by atoms with Crippen molar-refractivity contribution in [3.8, 4) is 28.6 Å². The monoisotopic (exact) mass is 465 g/mol. The lowest BCUT2D eigenvalue weighted by Crippen LogP contribution is -2.38. The predicted molar refractivity (Wildman–Crippen MR) is 135 cm³/mol. The number of anilines is 2. The average molecular weight is 466 g/mol. The smallest absolute Gasteiger partial charge is 0.234 e. The third-order valence-corrected chi connectivity index (χ3v) is 6.36. The highest BCUT2D eigenvalue weighted by molar-refractivity contribution is 5.83. The lowest BCUT2D eigenvalue weighted by Gasteiger charge is -2.32. The second-order valence-corrected chi connectivity index (χ2v) is 8.76. The van der Waals surface area contributed by atoms with Crippen molar-refractivity contribution in [1.29, 1.82) is 5.26 Å². The Kier molecular flexibility index (Phi) is 6.37. The minimum Gasteiger partial charge on any atom is -0.383 e. The zero-order chi connectivity index (χ0) is 24.2. The molecule has 0 amide bonds. The molecule has 0 unspecified atom stereocenters. The van der Waals surface area contributed by atoms with Crippen LogP contribution in [-0.4, -0.2) is 48.5 Å². The first-order chi connectivity index (χ1) is 17.1. The van der Waals surface area contributed by atoms with E-state index in [0.717, 1.165) is 55.0 Å². The van der Waals surface area contributed by atoms with E-state index < -0.39 is 0 Å². The molecule has 5 rings (SSSR count). The van der Waals surface area contributed by atoms with Crippen LogP contribution >= 0.6 is 0 Å². The molecule has 0 atom stereocenters. The van der Waals surface area contributed by atoms with E-state index in [1.165, 1.54) is 5.56 Å². The summed E-state index contributed by atoms with van der Waals surface area (Å²) in [5, 5.41) is 12.4. The highest BCUT2D eigenvalue weighted by atomic mass is 15.1. The standard InChI is InChI=1S/C26H27N9/c1-34-17-31-24(25(34)21-3-2-11-30-26(21)28)19-6-4-18(5-7-19)16-35-13-9-20(10-14-35)32-22-8-12-29-23(15-27)33-22/h2-8,11-12,17,20H,9-10,13-14,16H2,1H3,(H2,28,30)(H,29,32,33). The average Bonchev–Trinajstić information content (AvgIpc) is 3.27. The largest absolute Gasteiger partial charge is 0.383 e. The van der Waals surface area contributed by atoms with Crippen molar-refractivity contribution in [3.63, 3.8) is 0 Å². The van der Waals surface area contributed by atoms with Crippen molar-refractivity contribution >= 4 is 11.6 Å². The number of aromatic nitrogens is 5. The maximum absolute atomic E-state index is 8.98. The maximum atomic E-state index is 8.98. The molecule has 0 spiro atoms. The minimum atomic E-state index is 0.192. The Morgan fingerprint density at radius 2 is 1.86 bits per heavy atom. The highest BCUT2D eigenvalue weighted by Crippen LogP contribution is 2.33. The number of benzene rings is 1. The van der Waals surface area contributed by atoms with E-state index in [-0.39, 0.29) is 5.82 Å². The van der Waals surface area contributed by atoms with Gasteiger partial charge >= 0.3 is 0 Å². The van der Waals surface area contributed by atoms with Crippen LogP contribution in [0, 0.1) is 11.3 Å². The number of nitrogen functional groups attached to an aromatic ring is 1. The zero-order valence-corrected chi connectivity index (χ0v) is 19.6. The van der Waals surface area contributed by atoms with Gasteiger partial charge in [-0.1, -0.05) is 24.3 Å². The summed E-state index contributed by atoms with van der Waals surface area (Å²) >= 11 is 0. The fourth-order valence-electron chi connectivity index (χ4n) is 4.54. The highest BCUT2D eigenvalue weighted by Gasteiger charge is 2.20. The Morgan fingerprint density at radius 1 is 1.06 bits per heavy atom. The molecule has 9 nitrogen and oxygen atoms in total. The molecule has 0 bridgehead atoms. The molecule has 35 heavy (non-hydrogen) atoms. The summed E-state index contributed by atoms with van der Waals surface area (Å²) in [6.07, 6.45) is 7.17. The van der Waals surface area contributed by atoms with E-state index in [9.17, 15) is 0 Å². The molecule has 1 saturated heterocycles. The number of imidazole rings is 1. The van der Waals surface area contributed by atoms with Crippen molar-refractivity contribution in [2.24, 2.45) is 7.05 Å². The lowest BCUT2D eigenvalue weighted by atomic mass is 10.0. The van der Waals surface area contributed by atoms with Crippen LogP contribution in [0.25, 0.3) is 22.5 Å². The fourth-order valence-corrected chi connectivity index (χ4v) is 4.54. The van der Waals surface area contributed by atoms with Crippen LogP contribution in [0.2, 0.25) is 0 Å². The van der Waals surface area contributed by atoms with Crippen molar-refractivity contribution < 1.29 is 0 Å².